The summed E-state index contributed by atoms with van der Waals surface area (Å²) in [5.41, 5.74) is 15.4. The topological polar surface area (TPSA) is 52.0 Å². The minimum Gasteiger partial charge on any atom is -0.313 e. The third kappa shape index (κ3) is 3.19. The quantitative estimate of drug-likeness (QED) is 0.842. The van der Waals surface area contributed by atoms with Crippen molar-refractivity contribution in [2.45, 2.75) is 44.7 Å². The first-order valence-electron chi connectivity index (χ1n) is 8.69. The van der Waals surface area contributed by atoms with Crippen LogP contribution in [0.25, 0.3) is 0 Å². The van der Waals surface area contributed by atoms with Gasteiger partial charge in [0.2, 0.25) is 0 Å². The van der Waals surface area contributed by atoms with Crippen LogP contribution in [0, 0.1) is 11.3 Å². The minimum absolute atomic E-state index is 0.103. The Kier molecular flexibility index (Phi) is 4.56. The molecule has 0 radical (unpaired) electrons. The first-order valence-corrected chi connectivity index (χ1v) is 8.69. The third-order valence-electron chi connectivity index (χ3n) is 5.82. The molecule has 1 aliphatic carbocycles. The molecule has 1 unspecified atom stereocenters. The average Bonchev–Trinajstić information content (AvgIpc) is 2.54. The Morgan fingerprint density at radius 3 is 1.78 bits per heavy atom. The predicted molar refractivity (Wildman–Crippen MR) is 96.8 cm³/mol. The molecule has 0 amide bonds. The van der Waals surface area contributed by atoms with Crippen molar-refractivity contribution in [1.82, 2.24) is 0 Å². The van der Waals surface area contributed by atoms with Crippen molar-refractivity contribution in [3.8, 4) is 0 Å². The van der Waals surface area contributed by atoms with Crippen LogP contribution in [0.15, 0.2) is 60.7 Å². The molecule has 1 saturated carbocycles. The van der Waals surface area contributed by atoms with Gasteiger partial charge in [-0.3, -0.25) is 0 Å². The van der Waals surface area contributed by atoms with Crippen LogP contribution in [0.1, 0.15) is 37.3 Å². The first-order chi connectivity index (χ1) is 11.0. The summed E-state index contributed by atoms with van der Waals surface area (Å²) in [6, 6.07) is 21.3. The fourth-order valence-electron chi connectivity index (χ4n) is 4.35. The van der Waals surface area contributed by atoms with E-state index < -0.39 is 5.66 Å². The van der Waals surface area contributed by atoms with Crippen LogP contribution >= 0.6 is 0 Å². The van der Waals surface area contributed by atoms with E-state index in [2.05, 4.69) is 67.6 Å². The van der Waals surface area contributed by atoms with Gasteiger partial charge in [-0.15, -0.1) is 0 Å². The highest BCUT2D eigenvalue weighted by Gasteiger charge is 2.51. The van der Waals surface area contributed by atoms with Gasteiger partial charge in [-0.05, 0) is 49.1 Å². The fraction of sp³-hybridized carbons (Fsp3) is 0.429. The van der Waals surface area contributed by atoms with Crippen LogP contribution in [-0.4, -0.2) is 5.66 Å². The van der Waals surface area contributed by atoms with E-state index in [0.717, 1.165) is 25.7 Å². The zero-order chi connectivity index (χ0) is 16.3. The highest BCUT2D eigenvalue weighted by Crippen LogP contribution is 2.48. The molecule has 0 saturated heterocycles. The molecule has 1 atom stereocenters. The standard InChI is InChI=1S/C21H28N2/c1-17-9-8-14-21(22,23)20(17,15-18-10-4-2-5-11-18)16-19-12-6-3-7-13-19/h2-7,10-13,17H,8-9,14-16,22-23H2,1H3. The van der Waals surface area contributed by atoms with Crippen molar-refractivity contribution in [2.24, 2.45) is 22.8 Å². The molecule has 2 nitrogen and oxygen atoms in total. The highest BCUT2D eigenvalue weighted by molar-refractivity contribution is 5.24. The molecule has 3 rings (SSSR count). The number of hydrogen-bond acceptors (Lipinski definition) is 2. The summed E-state index contributed by atoms with van der Waals surface area (Å²) in [6.45, 7) is 2.33. The van der Waals surface area contributed by atoms with Crippen LogP contribution in [-0.2, 0) is 12.8 Å². The van der Waals surface area contributed by atoms with Crippen LogP contribution in [0.3, 0.4) is 0 Å². The summed E-state index contributed by atoms with van der Waals surface area (Å²) < 4.78 is 0. The Morgan fingerprint density at radius 1 is 0.870 bits per heavy atom. The van der Waals surface area contributed by atoms with Gasteiger partial charge >= 0.3 is 0 Å². The van der Waals surface area contributed by atoms with E-state index in [0.29, 0.717) is 5.92 Å². The molecular formula is C21H28N2. The van der Waals surface area contributed by atoms with E-state index in [-0.39, 0.29) is 5.41 Å². The summed E-state index contributed by atoms with van der Waals surface area (Å²) in [4.78, 5) is 0. The van der Waals surface area contributed by atoms with Crippen molar-refractivity contribution in [3.05, 3.63) is 71.8 Å². The average molecular weight is 308 g/mol. The van der Waals surface area contributed by atoms with E-state index in [4.69, 9.17) is 11.5 Å². The van der Waals surface area contributed by atoms with Gasteiger partial charge in [0.05, 0.1) is 5.66 Å². The molecule has 2 aromatic carbocycles. The molecule has 2 aromatic rings. The molecule has 1 aliphatic rings. The second-order valence-corrected chi connectivity index (χ2v) is 7.31. The molecule has 1 fully saturated rings. The van der Waals surface area contributed by atoms with E-state index in [9.17, 15) is 0 Å². The summed E-state index contributed by atoms with van der Waals surface area (Å²) in [6.07, 6.45) is 5.11. The Labute approximate surface area is 139 Å². The van der Waals surface area contributed by atoms with Gasteiger partial charge in [0.25, 0.3) is 0 Å². The Hall–Kier alpha value is -1.64. The fourth-order valence-corrected chi connectivity index (χ4v) is 4.35. The van der Waals surface area contributed by atoms with Gasteiger partial charge in [-0.25, -0.2) is 0 Å². The summed E-state index contributed by atoms with van der Waals surface area (Å²) in [5, 5.41) is 0. The van der Waals surface area contributed by atoms with Crippen LogP contribution in [0.4, 0.5) is 0 Å². The zero-order valence-corrected chi connectivity index (χ0v) is 14.0. The van der Waals surface area contributed by atoms with Crippen molar-refractivity contribution >= 4 is 0 Å². The number of hydrogen-bond donors (Lipinski definition) is 2. The van der Waals surface area contributed by atoms with Crippen molar-refractivity contribution in [2.75, 3.05) is 0 Å². The minimum atomic E-state index is -0.629. The summed E-state index contributed by atoms with van der Waals surface area (Å²) >= 11 is 0. The van der Waals surface area contributed by atoms with E-state index in [1.54, 1.807) is 0 Å². The lowest BCUT2D eigenvalue weighted by atomic mass is 9.56. The molecule has 0 aromatic heterocycles. The Balaban J connectivity index is 2.01. The normalized spacial score (nSPS) is 22.7. The van der Waals surface area contributed by atoms with Crippen molar-refractivity contribution in [1.29, 1.82) is 0 Å². The SMILES string of the molecule is CC1CCCC(N)(N)C1(Cc1ccccc1)Cc1ccccc1. The molecule has 0 heterocycles. The maximum absolute atomic E-state index is 6.72. The van der Waals surface area contributed by atoms with Gasteiger partial charge in [-0.1, -0.05) is 67.6 Å². The number of rotatable bonds is 4. The maximum Gasteiger partial charge on any atom is 0.0703 e. The van der Waals surface area contributed by atoms with Gasteiger partial charge < -0.3 is 11.5 Å². The van der Waals surface area contributed by atoms with E-state index >= 15 is 0 Å². The van der Waals surface area contributed by atoms with E-state index in [1.807, 2.05) is 0 Å². The first kappa shape index (κ1) is 16.2. The predicted octanol–water partition coefficient (Wildman–Crippen LogP) is 3.89. The molecule has 0 spiro atoms. The molecule has 2 heteroatoms. The van der Waals surface area contributed by atoms with Gasteiger partial charge in [0.15, 0.2) is 0 Å². The van der Waals surface area contributed by atoms with Crippen molar-refractivity contribution in [3.63, 3.8) is 0 Å². The second-order valence-electron chi connectivity index (χ2n) is 7.31. The molecule has 4 N–H and O–H groups in total. The van der Waals surface area contributed by atoms with E-state index in [1.165, 1.54) is 17.5 Å². The lowest BCUT2D eigenvalue weighted by Crippen LogP contribution is -2.68. The summed E-state index contributed by atoms with van der Waals surface area (Å²) in [5.74, 6) is 0.506. The lowest BCUT2D eigenvalue weighted by molar-refractivity contribution is 0.00867. The lowest BCUT2D eigenvalue weighted by Gasteiger charge is -2.54. The highest BCUT2D eigenvalue weighted by atomic mass is 15.0. The number of benzene rings is 2. The van der Waals surface area contributed by atoms with Crippen LogP contribution in [0.5, 0.6) is 0 Å². The zero-order valence-electron chi connectivity index (χ0n) is 14.0. The molecule has 122 valence electrons. The number of nitrogens with two attached hydrogens (primary N) is 2. The van der Waals surface area contributed by atoms with Gasteiger partial charge in [0, 0.05) is 5.41 Å². The second kappa shape index (κ2) is 6.46. The van der Waals surface area contributed by atoms with Crippen LogP contribution < -0.4 is 11.5 Å². The van der Waals surface area contributed by atoms with Gasteiger partial charge in [0.1, 0.15) is 0 Å². The van der Waals surface area contributed by atoms with Crippen LogP contribution in [0.2, 0.25) is 0 Å². The molecule has 23 heavy (non-hydrogen) atoms. The Bertz CT molecular complexity index is 577. The third-order valence-corrected chi connectivity index (χ3v) is 5.82. The Morgan fingerprint density at radius 2 is 1.35 bits per heavy atom. The largest absolute Gasteiger partial charge is 0.313 e. The molecular weight excluding hydrogens is 280 g/mol. The van der Waals surface area contributed by atoms with Crippen molar-refractivity contribution < 1.29 is 0 Å². The smallest absolute Gasteiger partial charge is 0.0703 e. The van der Waals surface area contributed by atoms with Gasteiger partial charge in [-0.2, -0.15) is 0 Å². The maximum atomic E-state index is 6.72. The molecule has 0 bridgehead atoms. The summed E-state index contributed by atoms with van der Waals surface area (Å²) in [7, 11) is 0. The molecule has 0 aliphatic heterocycles. The monoisotopic (exact) mass is 308 g/mol.